The van der Waals surface area contributed by atoms with Crippen LogP contribution in [0.3, 0.4) is 0 Å². The second-order valence-corrected chi connectivity index (χ2v) is 5.70. The van der Waals surface area contributed by atoms with E-state index in [1.54, 1.807) is 30.5 Å². The van der Waals surface area contributed by atoms with Crippen LogP contribution in [0.4, 0.5) is 11.6 Å². The molecule has 124 valence electrons. The first-order valence-corrected chi connectivity index (χ1v) is 7.82. The number of nitrogens with one attached hydrogen (secondary N) is 2. The molecular weight excluding hydrogens is 316 g/mol. The van der Waals surface area contributed by atoms with Gasteiger partial charge in [-0.15, -0.1) is 0 Å². The number of ether oxygens (including phenoxy) is 1. The van der Waals surface area contributed by atoms with Crippen molar-refractivity contribution in [3.05, 3.63) is 66.5 Å². The molecule has 0 bridgehead atoms. The number of benzene rings is 2. The molecular formula is C19H16N4O2. The van der Waals surface area contributed by atoms with Crippen LogP contribution in [-0.4, -0.2) is 20.1 Å². The third-order valence-corrected chi connectivity index (χ3v) is 3.68. The fraction of sp³-hybridized carbons (Fsp3) is 0.0526. The molecule has 0 saturated carbocycles. The Labute approximate surface area is 144 Å². The van der Waals surface area contributed by atoms with E-state index in [2.05, 4.69) is 26.3 Å². The van der Waals surface area contributed by atoms with Crippen LogP contribution < -0.4 is 10.1 Å². The molecule has 2 aromatic carbocycles. The predicted octanol–water partition coefficient (Wildman–Crippen LogP) is 4.51. The van der Waals surface area contributed by atoms with Crippen molar-refractivity contribution in [1.82, 2.24) is 15.0 Å². The van der Waals surface area contributed by atoms with E-state index >= 15 is 0 Å². The van der Waals surface area contributed by atoms with E-state index in [0.29, 0.717) is 23.3 Å². The summed E-state index contributed by atoms with van der Waals surface area (Å²) in [6, 6.07) is 16.3. The summed E-state index contributed by atoms with van der Waals surface area (Å²) >= 11 is 0. The second-order valence-electron chi connectivity index (χ2n) is 5.70. The summed E-state index contributed by atoms with van der Waals surface area (Å²) in [5, 5.41) is 13.6. The van der Waals surface area contributed by atoms with Gasteiger partial charge in [-0.1, -0.05) is 6.07 Å². The van der Waals surface area contributed by atoms with E-state index in [0.717, 1.165) is 16.6 Å². The Kier molecular flexibility index (Phi) is 3.70. The predicted molar refractivity (Wildman–Crippen MR) is 96.5 cm³/mol. The van der Waals surface area contributed by atoms with Crippen LogP contribution in [0.1, 0.15) is 5.69 Å². The van der Waals surface area contributed by atoms with E-state index in [1.165, 1.54) is 0 Å². The normalized spacial score (nSPS) is 10.8. The van der Waals surface area contributed by atoms with Gasteiger partial charge in [-0.3, -0.25) is 0 Å². The number of fused-ring (bicyclic) bond motifs is 1. The lowest BCUT2D eigenvalue weighted by Gasteiger charge is -2.08. The zero-order valence-electron chi connectivity index (χ0n) is 13.5. The number of hydrogen-bond acceptors (Lipinski definition) is 5. The standard InChI is InChI=1S/C19H16N4O2/c1-12-9-13-10-16(5-6-17(13)21-12)25-18-7-8-20-19(23-18)22-14-3-2-4-15(24)11-14/h2-11,21,24H,1H3,(H,20,22,23). The summed E-state index contributed by atoms with van der Waals surface area (Å²) in [4.78, 5) is 11.8. The van der Waals surface area contributed by atoms with Gasteiger partial charge in [0.15, 0.2) is 0 Å². The highest BCUT2D eigenvalue weighted by Gasteiger charge is 2.05. The van der Waals surface area contributed by atoms with Crippen LogP contribution in [0.25, 0.3) is 10.9 Å². The lowest BCUT2D eigenvalue weighted by molar-refractivity contribution is 0.463. The number of aromatic hydroxyl groups is 1. The molecule has 0 atom stereocenters. The largest absolute Gasteiger partial charge is 0.508 e. The Morgan fingerprint density at radius 3 is 2.88 bits per heavy atom. The maximum absolute atomic E-state index is 9.52. The van der Waals surface area contributed by atoms with Crippen LogP contribution in [0.15, 0.2) is 60.8 Å². The van der Waals surface area contributed by atoms with Crippen LogP contribution >= 0.6 is 0 Å². The third kappa shape index (κ3) is 3.37. The molecule has 0 radical (unpaired) electrons. The van der Waals surface area contributed by atoms with Gasteiger partial charge in [-0.25, -0.2) is 4.98 Å². The molecule has 0 aliphatic rings. The first-order valence-electron chi connectivity index (χ1n) is 7.82. The highest BCUT2D eigenvalue weighted by molar-refractivity contribution is 5.81. The number of anilines is 2. The van der Waals surface area contributed by atoms with Crippen molar-refractivity contribution < 1.29 is 9.84 Å². The van der Waals surface area contributed by atoms with E-state index < -0.39 is 0 Å². The van der Waals surface area contributed by atoms with Gasteiger partial charge in [0.1, 0.15) is 11.5 Å². The number of rotatable bonds is 4. The molecule has 0 unspecified atom stereocenters. The summed E-state index contributed by atoms with van der Waals surface area (Å²) in [6.45, 7) is 2.02. The quantitative estimate of drug-likeness (QED) is 0.512. The zero-order valence-corrected chi connectivity index (χ0v) is 13.5. The topological polar surface area (TPSA) is 83.1 Å². The molecule has 0 saturated heterocycles. The average Bonchev–Trinajstić information content (AvgIpc) is 2.94. The molecule has 2 aromatic heterocycles. The summed E-state index contributed by atoms with van der Waals surface area (Å²) in [5.41, 5.74) is 2.87. The van der Waals surface area contributed by atoms with Crippen molar-refractivity contribution >= 4 is 22.5 Å². The first-order chi connectivity index (χ1) is 12.2. The SMILES string of the molecule is Cc1cc2cc(Oc3ccnc(Nc4cccc(O)c4)n3)ccc2[nH]1. The maximum atomic E-state index is 9.52. The summed E-state index contributed by atoms with van der Waals surface area (Å²) < 4.78 is 5.84. The van der Waals surface area contributed by atoms with Crippen LogP contribution in [0.5, 0.6) is 17.4 Å². The minimum Gasteiger partial charge on any atom is -0.508 e. The minimum absolute atomic E-state index is 0.174. The van der Waals surface area contributed by atoms with Gasteiger partial charge in [-0.05, 0) is 43.3 Å². The summed E-state index contributed by atoms with van der Waals surface area (Å²) in [7, 11) is 0. The van der Waals surface area contributed by atoms with Crippen LogP contribution in [0.2, 0.25) is 0 Å². The van der Waals surface area contributed by atoms with Gasteiger partial charge >= 0.3 is 0 Å². The minimum atomic E-state index is 0.174. The van der Waals surface area contributed by atoms with Crippen LogP contribution in [0, 0.1) is 6.92 Å². The molecule has 0 spiro atoms. The highest BCUT2D eigenvalue weighted by atomic mass is 16.5. The number of phenols is 1. The van der Waals surface area contributed by atoms with Gasteiger partial charge in [0.25, 0.3) is 0 Å². The van der Waals surface area contributed by atoms with Gasteiger partial charge in [0.2, 0.25) is 11.8 Å². The molecule has 2 heterocycles. The molecule has 6 heteroatoms. The number of aromatic nitrogens is 3. The third-order valence-electron chi connectivity index (χ3n) is 3.68. The molecule has 0 fully saturated rings. The zero-order chi connectivity index (χ0) is 17.2. The van der Waals surface area contributed by atoms with Crippen molar-refractivity contribution in [2.45, 2.75) is 6.92 Å². The molecule has 0 aliphatic heterocycles. The van der Waals surface area contributed by atoms with Crippen molar-refractivity contribution in [3.63, 3.8) is 0 Å². The first kappa shape index (κ1) is 15.0. The number of phenolic OH excluding ortho intramolecular Hbond substituents is 1. The molecule has 25 heavy (non-hydrogen) atoms. The fourth-order valence-corrected chi connectivity index (χ4v) is 2.61. The van der Waals surface area contributed by atoms with Crippen molar-refractivity contribution in [3.8, 4) is 17.4 Å². The van der Waals surface area contributed by atoms with Gasteiger partial charge in [0, 0.05) is 40.6 Å². The van der Waals surface area contributed by atoms with Crippen molar-refractivity contribution in [1.29, 1.82) is 0 Å². The molecule has 4 rings (SSSR count). The van der Waals surface area contributed by atoms with E-state index in [-0.39, 0.29) is 5.75 Å². The molecule has 3 N–H and O–H groups in total. The number of nitrogens with zero attached hydrogens (tertiary/aromatic N) is 2. The number of hydrogen-bond donors (Lipinski definition) is 3. The molecule has 6 nitrogen and oxygen atoms in total. The Hall–Kier alpha value is -3.54. The van der Waals surface area contributed by atoms with Crippen molar-refractivity contribution in [2.75, 3.05) is 5.32 Å². The average molecular weight is 332 g/mol. The smallest absolute Gasteiger partial charge is 0.230 e. The summed E-state index contributed by atoms with van der Waals surface area (Å²) in [5.74, 6) is 1.70. The Morgan fingerprint density at radius 1 is 1.08 bits per heavy atom. The van der Waals surface area contributed by atoms with Crippen LogP contribution in [-0.2, 0) is 0 Å². The summed E-state index contributed by atoms with van der Waals surface area (Å²) in [6.07, 6.45) is 1.62. The number of aryl methyl sites for hydroxylation is 1. The Morgan fingerprint density at radius 2 is 2.00 bits per heavy atom. The van der Waals surface area contributed by atoms with Crippen molar-refractivity contribution in [2.24, 2.45) is 0 Å². The number of aromatic amines is 1. The lowest BCUT2D eigenvalue weighted by Crippen LogP contribution is -1.98. The Bertz CT molecular complexity index is 1040. The van der Waals surface area contributed by atoms with Gasteiger partial charge in [-0.2, -0.15) is 4.98 Å². The van der Waals surface area contributed by atoms with E-state index in [4.69, 9.17) is 4.74 Å². The molecule has 4 aromatic rings. The van der Waals surface area contributed by atoms with Gasteiger partial charge in [0.05, 0.1) is 0 Å². The second kappa shape index (κ2) is 6.16. The molecule has 0 amide bonds. The lowest BCUT2D eigenvalue weighted by atomic mass is 10.2. The highest BCUT2D eigenvalue weighted by Crippen LogP contribution is 2.26. The van der Waals surface area contributed by atoms with Gasteiger partial charge < -0.3 is 20.1 Å². The Balaban J connectivity index is 1.55. The van der Waals surface area contributed by atoms with E-state index in [9.17, 15) is 5.11 Å². The maximum Gasteiger partial charge on any atom is 0.230 e. The monoisotopic (exact) mass is 332 g/mol. The molecule has 0 aliphatic carbocycles. The van der Waals surface area contributed by atoms with E-state index in [1.807, 2.05) is 31.2 Å². The fourth-order valence-electron chi connectivity index (χ4n) is 2.61. The number of H-pyrrole nitrogens is 1.